The molecule has 0 radical (unpaired) electrons. The molecule has 2 heterocycles. The molecule has 3 rings (SSSR count). The zero-order chi connectivity index (χ0) is 19.6. The maximum Gasteiger partial charge on any atom is 0.244 e. The van der Waals surface area contributed by atoms with Gasteiger partial charge in [0.1, 0.15) is 6.54 Å². The van der Waals surface area contributed by atoms with Gasteiger partial charge in [-0.1, -0.05) is 30.3 Å². The van der Waals surface area contributed by atoms with Gasteiger partial charge in [-0.15, -0.1) is 0 Å². The zero-order valence-corrected chi connectivity index (χ0v) is 17.2. The van der Waals surface area contributed by atoms with Crippen LogP contribution in [0.15, 0.2) is 35.3 Å². The van der Waals surface area contributed by atoms with E-state index in [1.165, 1.54) is 18.5 Å². The molecule has 0 aromatic heterocycles. The second-order valence-corrected chi connectivity index (χ2v) is 7.85. The molecule has 0 spiro atoms. The second kappa shape index (κ2) is 11.1. The van der Waals surface area contributed by atoms with Crippen LogP contribution in [0.2, 0.25) is 0 Å². The van der Waals surface area contributed by atoms with Gasteiger partial charge in [0.15, 0.2) is 5.96 Å². The summed E-state index contributed by atoms with van der Waals surface area (Å²) in [5.74, 6) is 1.54. The van der Waals surface area contributed by atoms with Gasteiger partial charge in [-0.05, 0) is 50.6 Å². The Labute approximate surface area is 169 Å². The number of rotatable bonds is 8. The van der Waals surface area contributed by atoms with Gasteiger partial charge >= 0.3 is 0 Å². The number of amides is 1. The summed E-state index contributed by atoms with van der Waals surface area (Å²) in [5, 5.41) is 6.71. The quantitative estimate of drug-likeness (QED) is 0.529. The van der Waals surface area contributed by atoms with Crippen molar-refractivity contribution >= 4 is 11.9 Å². The van der Waals surface area contributed by atoms with Crippen molar-refractivity contribution in [3.8, 4) is 0 Å². The molecule has 154 valence electrons. The van der Waals surface area contributed by atoms with Crippen molar-refractivity contribution in [1.29, 1.82) is 0 Å². The van der Waals surface area contributed by atoms with Gasteiger partial charge in [0.05, 0.1) is 0 Å². The zero-order valence-electron chi connectivity index (χ0n) is 17.2. The van der Waals surface area contributed by atoms with E-state index in [0.717, 1.165) is 64.5 Å². The van der Waals surface area contributed by atoms with Gasteiger partial charge in [-0.25, -0.2) is 4.99 Å². The summed E-state index contributed by atoms with van der Waals surface area (Å²) in [6.45, 7) is 9.20. The first-order chi connectivity index (χ1) is 13.7. The van der Waals surface area contributed by atoms with Crippen LogP contribution in [0, 0.1) is 5.92 Å². The molecule has 1 aromatic carbocycles. The summed E-state index contributed by atoms with van der Waals surface area (Å²) in [6.07, 6.45) is 4.57. The Morgan fingerprint density at radius 1 is 1.14 bits per heavy atom. The first-order valence-electron chi connectivity index (χ1n) is 10.8. The topological polar surface area (TPSA) is 60.0 Å². The molecule has 28 heavy (non-hydrogen) atoms. The SMILES string of the molecule is CCNC(=NCC(=O)N1CCCC1)NCC1CCN(CCc2ccccc2)C1. The lowest BCUT2D eigenvalue weighted by Gasteiger charge is -2.18. The molecular weight excluding hydrogens is 350 g/mol. The van der Waals surface area contributed by atoms with Crippen molar-refractivity contribution in [3.05, 3.63) is 35.9 Å². The normalized spacial score (nSPS) is 20.5. The van der Waals surface area contributed by atoms with Crippen molar-refractivity contribution < 1.29 is 4.79 Å². The molecule has 2 N–H and O–H groups in total. The highest BCUT2D eigenvalue weighted by Gasteiger charge is 2.22. The molecule has 2 fully saturated rings. The van der Waals surface area contributed by atoms with Crippen LogP contribution in [-0.4, -0.2) is 74.0 Å². The summed E-state index contributed by atoms with van der Waals surface area (Å²) < 4.78 is 0. The number of aliphatic imine (C=N–C) groups is 1. The lowest BCUT2D eigenvalue weighted by Crippen LogP contribution is -2.41. The van der Waals surface area contributed by atoms with E-state index in [-0.39, 0.29) is 12.5 Å². The molecular formula is C22H35N5O. The van der Waals surface area contributed by atoms with E-state index in [9.17, 15) is 4.79 Å². The van der Waals surface area contributed by atoms with E-state index in [1.54, 1.807) is 0 Å². The summed E-state index contributed by atoms with van der Waals surface area (Å²) >= 11 is 0. The first kappa shape index (κ1) is 20.6. The number of benzene rings is 1. The number of nitrogens with zero attached hydrogens (tertiary/aromatic N) is 3. The third kappa shape index (κ3) is 6.51. The Morgan fingerprint density at radius 2 is 1.93 bits per heavy atom. The number of guanidine groups is 1. The smallest absolute Gasteiger partial charge is 0.244 e. The Bertz CT molecular complexity index is 627. The highest BCUT2D eigenvalue weighted by Crippen LogP contribution is 2.16. The monoisotopic (exact) mass is 385 g/mol. The van der Waals surface area contributed by atoms with Gasteiger partial charge in [0, 0.05) is 39.3 Å². The van der Waals surface area contributed by atoms with Crippen LogP contribution >= 0.6 is 0 Å². The third-order valence-electron chi connectivity index (χ3n) is 5.66. The van der Waals surface area contributed by atoms with Crippen molar-refractivity contribution in [1.82, 2.24) is 20.4 Å². The van der Waals surface area contributed by atoms with Crippen LogP contribution < -0.4 is 10.6 Å². The predicted molar refractivity (Wildman–Crippen MR) is 114 cm³/mol. The lowest BCUT2D eigenvalue weighted by molar-refractivity contribution is -0.128. The molecule has 0 bridgehead atoms. The highest BCUT2D eigenvalue weighted by atomic mass is 16.2. The van der Waals surface area contributed by atoms with E-state index >= 15 is 0 Å². The first-order valence-corrected chi connectivity index (χ1v) is 10.8. The summed E-state index contributed by atoms with van der Waals surface area (Å²) in [5.41, 5.74) is 1.41. The van der Waals surface area contributed by atoms with E-state index in [0.29, 0.717) is 5.92 Å². The van der Waals surface area contributed by atoms with E-state index in [4.69, 9.17) is 0 Å². The summed E-state index contributed by atoms with van der Waals surface area (Å²) in [6, 6.07) is 10.7. The Kier molecular flexibility index (Phi) is 8.15. The number of hydrogen-bond donors (Lipinski definition) is 2. The van der Waals surface area contributed by atoms with Crippen LogP contribution in [0.3, 0.4) is 0 Å². The minimum absolute atomic E-state index is 0.141. The molecule has 0 saturated carbocycles. The standard InChI is InChI=1S/C22H35N5O/c1-2-23-22(25-17-21(28)27-12-6-7-13-27)24-16-20-11-15-26(18-20)14-10-19-8-4-3-5-9-19/h3-5,8-9,20H,2,6-7,10-18H2,1H3,(H2,23,24,25). The van der Waals surface area contributed by atoms with Crippen LogP contribution in [-0.2, 0) is 11.2 Å². The fourth-order valence-corrected chi connectivity index (χ4v) is 4.01. The van der Waals surface area contributed by atoms with Gasteiger partial charge < -0.3 is 20.4 Å². The number of likely N-dealkylation sites (tertiary alicyclic amines) is 2. The molecule has 6 nitrogen and oxygen atoms in total. The van der Waals surface area contributed by atoms with Crippen molar-refractivity contribution in [2.45, 2.75) is 32.6 Å². The number of carbonyl (C=O) groups is 1. The molecule has 2 aliphatic heterocycles. The van der Waals surface area contributed by atoms with E-state index in [1.807, 2.05) is 4.90 Å². The Morgan fingerprint density at radius 3 is 2.68 bits per heavy atom. The van der Waals surface area contributed by atoms with Gasteiger partial charge in [-0.2, -0.15) is 0 Å². The van der Waals surface area contributed by atoms with E-state index in [2.05, 4.69) is 57.8 Å². The van der Waals surface area contributed by atoms with Crippen LogP contribution in [0.25, 0.3) is 0 Å². The fourth-order valence-electron chi connectivity index (χ4n) is 4.01. The Balaban J connectivity index is 1.38. The lowest BCUT2D eigenvalue weighted by atomic mass is 10.1. The van der Waals surface area contributed by atoms with E-state index < -0.39 is 0 Å². The number of nitrogens with one attached hydrogen (secondary N) is 2. The average molecular weight is 386 g/mol. The van der Waals surface area contributed by atoms with Gasteiger partial charge in [0.25, 0.3) is 0 Å². The molecule has 1 atom stereocenters. The molecule has 1 aromatic rings. The summed E-state index contributed by atoms with van der Waals surface area (Å²) in [7, 11) is 0. The maximum absolute atomic E-state index is 12.2. The summed E-state index contributed by atoms with van der Waals surface area (Å²) in [4.78, 5) is 21.2. The average Bonchev–Trinajstić information content (AvgIpc) is 3.41. The molecule has 0 aliphatic carbocycles. The Hall–Kier alpha value is -2.08. The van der Waals surface area contributed by atoms with Crippen LogP contribution in [0.4, 0.5) is 0 Å². The third-order valence-corrected chi connectivity index (χ3v) is 5.66. The maximum atomic E-state index is 12.2. The number of carbonyl (C=O) groups excluding carboxylic acids is 1. The van der Waals surface area contributed by atoms with Gasteiger partial charge in [-0.3, -0.25) is 4.79 Å². The van der Waals surface area contributed by atoms with Crippen LogP contribution in [0.5, 0.6) is 0 Å². The minimum Gasteiger partial charge on any atom is -0.357 e. The molecule has 1 unspecified atom stereocenters. The molecule has 6 heteroatoms. The second-order valence-electron chi connectivity index (χ2n) is 7.85. The van der Waals surface area contributed by atoms with Crippen molar-refractivity contribution in [2.24, 2.45) is 10.9 Å². The van der Waals surface area contributed by atoms with Crippen molar-refractivity contribution in [3.63, 3.8) is 0 Å². The number of hydrogen-bond acceptors (Lipinski definition) is 3. The predicted octanol–water partition coefficient (Wildman–Crippen LogP) is 1.73. The molecule has 1 amide bonds. The van der Waals surface area contributed by atoms with Crippen molar-refractivity contribution in [2.75, 3.05) is 52.4 Å². The highest BCUT2D eigenvalue weighted by molar-refractivity contribution is 5.85. The minimum atomic E-state index is 0.141. The van der Waals surface area contributed by atoms with Gasteiger partial charge in [0.2, 0.25) is 5.91 Å². The largest absolute Gasteiger partial charge is 0.357 e. The molecule has 2 aliphatic rings. The fraction of sp³-hybridized carbons (Fsp3) is 0.636. The van der Waals surface area contributed by atoms with Crippen LogP contribution in [0.1, 0.15) is 31.7 Å². The molecule has 2 saturated heterocycles.